The quantitative estimate of drug-likeness (QED) is 0.700. The molecule has 0 saturated carbocycles. The van der Waals surface area contributed by atoms with Gasteiger partial charge in [0.05, 0.1) is 6.61 Å². The number of nitrogen functional groups attached to an aromatic ring is 1. The van der Waals surface area contributed by atoms with E-state index in [4.69, 9.17) is 5.73 Å². The van der Waals surface area contributed by atoms with E-state index >= 15 is 0 Å². The molecular weight excluding hydrogens is 216 g/mol. The Morgan fingerprint density at radius 1 is 1.35 bits per heavy atom. The van der Waals surface area contributed by atoms with E-state index in [9.17, 15) is 5.11 Å². The van der Waals surface area contributed by atoms with E-state index in [1.54, 1.807) is 13.0 Å². The van der Waals surface area contributed by atoms with E-state index in [1.165, 1.54) is 0 Å². The molecule has 5 heteroatoms. The van der Waals surface area contributed by atoms with E-state index in [0.29, 0.717) is 18.2 Å². The normalized spacial score (nSPS) is 11.5. The van der Waals surface area contributed by atoms with Crippen LogP contribution in [0.15, 0.2) is 6.07 Å². The van der Waals surface area contributed by atoms with Crippen molar-refractivity contribution < 1.29 is 5.11 Å². The maximum absolute atomic E-state index is 9.47. The van der Waals surface area contributed by atoms with Gasteiger partial charge in [-0.3, -0.25) is 0 Å². The number of aliphatic hydroxyl groups is 1. The van der Waals surface area contributed by atoms with Gasteiger partial charge in [-0.1, -0.05) is 13.8 Å². The summed E-state index contributed by atoms with van der Waals surface area (Å²) in [5, 5.41) is 12.7. The molecule has 0 aliphatic rings. The van der Waals surface area contributed by atoms with Crippen LogP contribution in [0.1, 0.15) is 32.5 Å². The van der Waals surface area contributed by atoms with Crippen molar-refractivity contribution in [3.8, 4) is 0 Å². The molecule has 1 rings (SSSR count). The lowest BCUT2D eigenvalue weighted by molar-refractivity contribution is 0.127. The van der Waals surface area contributed by atoms with E-state index < -0.39 is 0 Å². The average Bonchev–Trinajstić information content (AvgIpc) is 2.30. The summed E-state index contributed by atoms with van der Waals surface area (Å²) in [7, 11) is 0. The van der Waals surface area contributed by atoms with Crippen LogP contribution in [0.4, 0.5) is 11.6 Å². The van der Waals surface area contributed by atoms with Crippen molar-refractivity contribution in [1.82, 2.24) is 9.97 Å². The molecule has 0 amide bonds. The van der Waals surface area contributed by atoms with Crippen molar-refractivity contribution in [1.29, 1.82) is 0 Å². The lowest BCUT2D eigenvalue weighted by Crippen LogP contribution is -2.32. The van der Waals surface area contributed by atoms with Crippen LogP contribution < -0.4 is 11.1 Å². The van der Waals surface area contributed by atoms with Gasteiger partial charge in [-0.05, 0) is 19.8 Å². The van der Waals surface area contributed by atoms with Crippen LogP contribution in [0.2, 0.25) is 0 Å². The number of aromatic nitrogens is 2. The van der Waals surface area contributed by atoms with Crippen molar-refractivity contribution in [3.63, 3.8) is 0 Å². The number of nitrogens with one attached hydrogen (secondary N) is 1. The number of hydrogen-bond donors (Lipinski definition) is 3. The minimum Gasteiger partial charge on any atom is -0.396 e. The van der Waals surface area contributed by atoms with Gasteiger partial charge < -0.3 is 16.2 Å². The van der Waals surface area contributed by atoms with Gasteiger partial charge in [0.25, 0.3) is 0 Å². The molecule has 96 valence electrons. The summed E-state index contributed by atoms with van der Waals surface area (Å²) in [5.74, 6) is 1.83. The molecule has 4 N–H and O–H groups in total. The maximum atomic E-state index is 9.47. The number of aliphatic hydroxyl groups excluding tert-OH is 1. The highest BCUT2D eigenvalue weighted by Gasteiger charge is 2.25. The highest BCUT2D eigenvalue weighted by atomic mass is 16.3. The Hall–Kier alpha value is -1.36. The molecule has 0 spiro atoms. The standard InChI is InChI=1S/C12H22N4O/c1-4-12(5-2,8-17)7-14-11-6-10(13)15-9(3)16-11/h6,17H,4-5,7-8H2,1-3H3,(H3,13,14,15,16). The van der Waals surface area contributed by atoms with E-state index in [-0.39, 0.29) is 12.0 Å². The zero-order valence-corrected chi connectivity index (χ0v) is 10.8. The Balaban J connectivity index is 2.71. The highest BCUT2D eigenvalue weighted by Crippen LogP contribution is 2.25. The second kappa shape index (κ2) is 5.82. The lowest BCUT2D eigenvalue weighted by atomic mass is 9.83. The monoisotopic (exact) mass is 238 g/mol. The number of nitrogens with zero attached hydrogens (tertiary/aromatic N) is 2. The fraction of sp³-hybridized carbons (Fsp3) is 0.667. The Kier molecular flexibility index (Phi) is 4.69. The summed E-state index contributed by atoms with van der Waals surface area (Å²) in [5.41, 5.74) is 5.57. The second-order valence-corrected chi connectivity index (χ2v) is 4.44. The predicted molar refractivity (Wildman–Crippen MR) is 69.8 cm³/mol. The first-order chi connectivity index (χ1) is 8.05. The molecule has 0 saturated heterocycles. The van der Waals surface area contributed by atoms with Gasteiger partial charge in [-0.15, -0.1) is 0 Å². The molecule has 0 atom stereocenters. The van der Waals surface area contributed by atoms with Crippen molar-refractivity contribution in [2.75, 3.05) is 24.2 Å². The summed E-state index contributed by atoms with van der Waals surface area (Å²) >= 11 is 0. The van der Waals surface area contributed by atoms with Gasteiger partial charge in [0.15, 0.2) is 0 Å². The minimum absolute atomic E-state index is 0.0897. The largest absolute Gasteiger partial charge is 0.396 e. The van der Waals surface area contributed by atoms with Gasteiger partial charge in [0.2, 0.25) is 0 Å². The summed E-state index contributed by atoms with van der Waals surface area (Å²) in [6.07, 6.45) is 1.85. The van der Waals surface area contributed by atoms with Crippen LogP contribution in [0, 0.1) is 12.3 Å². The fourth-order valence-corrected chi connectivity index (χ4v) is 1.74. The van der Waals surface area contributed by atoms with Crippen LogP contribution in [0.5, 0.6) is 0 Å². The lowest BCUT2D eigenvalue weighted by Gasteiger charge is -2.29. The first-order valence-corrected chi connectivity index (χ1v) is 6.01. The van der Waals surface area contributed by atoms with Gasteiger partial charge in [-0.2, -0.15) is 0 Å². The second-order valence-electron chi connectivity index (χ2n) is 4.44. The molecule has 0 aromatic carbocycles. The molecule has 0 radical (unpaired) electrons. The van der Waals surface area contributed by atoms with E-state index in [1.807, 2.05) is 0 Å². The minimum atomic E-state index is -0.0897. The van der Waals surface area contributed by atoms with Crippen molar-refractivity contribution in [3.05, 3.63) is 11.9 Å². The smallest absolute Gasteiger partial charge is 0.131 e. The first kappa shape index (κ1) is 13.7. The molecule has 0 fully saturated rings. The summed E-state index contributed by atoms with van der Waals surface area (Å²) in [4.78, 5) is 8.27. The zero-order valence-electron chi connectivity index (χ0n) is 10.8. The van der Waals surface area contributed by atoms with Gasteiger partial charge in [-0.25, -0.2) is 9.97 Å². The predicted octanol–water partition coefficient (Wildman–Crippen LogP) is 1.58. The number of anilines is 2. The van der Waals surface area contributed by atoms with Crippen molar-refractivity contribution in [2.45, 2.75) is 33.6 Å². The highest BCUT2D eigenvalue weighted by molar-refractivity contribution is 5.44. The van der Waals surface area contributed by atoms with Gasteiger partial charge in [0, 0.05) is 18.0 Å². The molecule has 1 aromatic rings. The molecule has 0 aliphatic heterocycles. The zero-order chi connectivity index (χ0) is 12.9. The molecule has 0 aliphatic carbocycles. The Labute approximate surface area is 102 Å². The Morgan fingerprint density at radius 2 is 2.00 bits per heavy atom. The van der Waals surface area contributed by atoms with Crippen LogP contribution in [0.25, 0.3) is 0 Å². The molecule has 0 bridgehead atoms. The number of rotatable bonds is 6. The molecular formula is C12H22N4O. The van der Waals surface area contributed by atoms with Gasteiger partial charge >= 0.3 is 0 Å². The molecule has 1 heterocycles. The topological polar surface area (TPSA) is 84.1 Å². The first-order valence-electron chi connectivity index (χ1n) is 6.01. The summed E-state index contributed by atoms with van der Waals surface area (Å²) in [6.45, 7) is 6.83. The van der Waals surface area contributed by atoms with Crippen LogP contribution >= 0.6 is 0 Å². The summed E-state index contributed by atoms with van der Waals surface area (Å²) in [6, 6.07) is 1.71. The number of hydrogen-bond acceptors (Lipinski definition) is 5. The Bertz CT molecular complexity index is 335. The van der Waals surface area contributed by atoms with E-state index in [2.05, 4.69) is 29.1 Å². The van der Waals surface area contributed by atoms with Crippen molar-refractivity contribution >= 4 is 11.6 Å². The third-order valence-corrected chi connectivity index (χ3v) is 3.34. The third-order valence-electron chi connectivity index (χ3n) is 3.34. The van der Waals surface area contributed by atoms with Gasteiger partial charge in [0.1, 0.15) is 17.5 Å². The van der Waals surface area contributed by atoms with Crippen LogP contribution in [-0.2, 0) is 0 Å². The third kappa shape index (κ3) is 3.56. The molecule has 17 heavy (non-hydrogen) atoms. The Morgan fingerprint density at radius 3 is 2.47 bits per heavy atom. The number of nitrogens with two attached hydrogens (primary N) is 1. The van der Waals surface area contributed by atoms with Crippen LogP contribution in [-0.4, -0.2) is 28.2 Å². The fourth-order valence-electron chi connectivity index (χ4n) is 1.74. The molecule has 0 unspecified atom stereocenters. The maximum Gasteiger partial charge on any atom is 0.131 e. The SMILES string of the molecule is CCC(CC)(CO)CNc1cc(N)nc(C)n1. The molecule has 1 aromatic heterocycles. The van der Waals surface area contributed by atoms with Crippen molar-refractivity contribution in [2.24, 2.45) is 5.41 Å². The summed E-state index contributed by atoms with van der Waals surface area (Å²) < 4.78 is 0. The van der Waals surface area contributed by atoms with Crippen LogP contribution in [0.3, 0.4) is 0 Å². The number of aryl methyl sites for hydroxylation is 1. The van der Waals surface area contributed by atoms with E-state index in [0.717, 1.165) is 18.7 Å². The molecule has 5 nitrogen and oxygen atoms in total. The average molecular weight is 238 g/mol.